The first-order valence-electron chi connectivity index (χ1n) is 17.8. The molecule has 0 N–H and O–H groups in total. The van der Waals surface area contributed by atoms with E-state index in [2.05, 4.69) is 110 Å². The zero-order valence-electron chi connectivity index (χ0n) is 38.2. The van der Waals surface area contributed by atoms with E-state index >= 15 is 0 Å². The van der Waals surface area contributed by atoms with Gasteiger partial charge in [0, 0.05) is 27.6 Å². The Bertz CT molecular complexity index is 1360. The van der Waals surface area contributed by atoms with Crippen LogP contribution in [0.5, 0.6) is 0 Å². The lowest BCUT2D eigenvalue weighted by Gasteiger charge is -2.15. The molecule has 0 aliphatic heterocycles. The molecular formula is C46H73F9. The second kappa shape index (κ2) is 28.2. The third kappa shape index (κ3) is 57.6. The maximum Gasteiger partial charge on any atom is 0.458 e. The van der Waals surface area contributed by atoms with Crippen LogP contribution in [0.2, 0.25) is 0 Å². The molecule has 9 heteroatoms. The lowest BCUT2D eigenvalue weighted by Crippen LogP contribution is -2.07. The van der Waals surface area contributed by atoms with E-state index in [-0.39, 0.29) is 10.8 Å². The largest absolute Gasteiger partial charge is 0.458 e. The first-order valence-corrected chi connectivity index (χ1v) is 17.8. The minimum Gasteiger partial charge on any atom is -0.209 e. The molecule has 0 nitrogen and oxygen atoms in total. The fraction of sp³-hybridized carbons (Fsp3) is 0.652. The summed E-state index contributed by atoms with van der Waals surface area (Å²) < 4.78 is 109. The van der Waals surface area contributed by atoms with Crippen LogP contribution in [-0.2, 0) is 0 Å². The Hall–Kier alpha value is -3.25. The maximum absolute atomic E-state index is 13.0. The third-order valence-corrected chi connectivity index (χ3v) is 4.84. The zero-order chi connectivity index (χ0) is 46.0. The average molecular weight is 797 g/mol. The Balaban J connectivity index is -0.000000134. The number of rotatable bonds is 1. The van der Waals surface area contributed by atoms with Gasteiger partial charge < -0.3 is 0 Å². The molecule has 0 saturated carbocycles. The highest BCUT2D eigenvalue weighted by molar-refractivity contribution is 5.29. The fourth-order valence-corrected chi connectivity index (χ4v) is 2.79. The molecule has 0 aliphatic rings. The van der Waals surface area contributed by atoms with Crippen LogP contribution < -0.4 is 0 Å². The summed E-state index contributed by atoms with van der Waals surface area (Å²) in [6, 6.07) is 0. The molecule has 0 heterocycles. The lowest BCUT2D eigenvalue weighted by molar-refractivity contribution is -0.0696. The van der Waals surface area contributed by atoms with Gasteiger partial charge >= 0.3 is 6.18 Å². The molecule has 0 aromatic rings. The van der Waals surface area contributed by atoms with Crippen molar-refractivity contribution >= 4 is 0 Å². The molecule has 0 atom stereocenters. The van der Waals surface area contributed by atoms with Crippen molar-refractivity contribution in [1.82, 2.24) is 0 Å². The average Bonchev–Trinajstić information content (AvgIpc) is 2.91. The van der Waals surface area contributed by atoms with E-state index in [1.165, 1.54) is 20.8 Å². The summed E-state index contributed by atoms with van der Waals surface area (Å²) in [6.07, 6.45) is 4.10. The van der Waals surface area contributed by atoms with Crippen LogP contribution in [-0.4, -0.2) is 6.18 Å². The number of hydrogen-bond acceptors (Lipinski definition) is 0. The van der Waals surface area contributed by atoms with Gasteiger partial charge in [-0.25, -0.2) is 26.3 Å². The van der Waals surface area contributed by atoms with Crippen molar-refractivity contribution in [1.29, 1.82) is 0 Å². The smallest absolute Gasteiger partial charge is 0.209 e. The Morgan fingerprint density at radius 1 is 0.436 bits per heavy atom. The monoisotopic (exact) mass is 797 g/mol. The van der Waals surface area contributed by atoms with Gasteiger partial charge in [-0.2, -0.15) is 13.2 Å². The third-order valence-electron chi connectivity index (χ3n) is 4.84. The molecule has 0 unspecified atom stereocenters. The molecule has 0 aliphatic carbocycles. The van der Waals surface area contributed by atoms with Crippen LogP contribution in [0, 0.1) is 68.0 Å². The molecule has 0 rings (SSSR count). The van der Waals surface area contributed by atoms with Crippen molar-refractivity contribution in [3.8, 4) is 35.5 Å². The second-order valence-electron chi connectivity index (χ2n) is 18.4. The van der Waals surface area contributed by atoms with Gasteiger partial charge in [0.05, 0.1) is 0 Å². The quantitative estimate of drug-likeness (QED) is 0.107. The highest BCUT2D eigenvalue weighted by atomic mass is 19.4. The first kappa shape index (κ1) is 63.7. The molecule has 0 amide bonds. The van der Waals surface area contributed by atoms with Crippen LogP contribution in [0.4, 0.5) is 39.5 Å². The minimum absolute atomic E-state index is 0.189. The van der Waals surface area contributed by atoms with Crippen LogP contribution in [0.15, 0.2) is 59.3 Å². The van der Waals surface area contributed by atoms with Crippen LogP contribution in [0.3, 0.4) is 0 Å². The Labute approximate surface area is 331 Å². The van der Waals surface area contributed by atoms with Gasteiger partial charge in [0.2, 0.25) is 0 Å². The number of hydrogen-bond donors (Lipinski definition) is 0. The van der Waals surface area contributed by atoms with Crippen molar-refractivity contribution in [2.45, 2.75) is 165 Å². The number of allylic oxidation sites excluding steroid dienone is 10. The van der Waals surface area contributed by atoms with E-state index in [4.69, 9.17) is 0 Å². The van der Waals surface area contributed by atoms with E-state index in [0.717, 1.165) is 19.8 Å². The van der Waals surface area contributed by atoms with Gasteiger partial charge in [-0.1, -0.05) is 119 Å². The maximum atomic E-state index is 13.0. The van der Waals surface area contributed by atoms with E-state index in [0.29, 0.717) is 10.8 Å². The SMILES string of the molecule is C/C(F)=C(F)/C(F)=C(\F)C(C)(C)C.C/C(F)=C(\F)C(C)(C)C.C/C=C/C(C)(C)C.C/C=C/C(C)(C)C.CC#CC(C)(C)C.CC(C)(C)C#CC#CC(F)(F)F. The molecule has 0 fully saturated rings. The van der Waals surface area contributed by atoms with Gasteiger partial charge in [-0.3, -0.25) is 0 Å². The summed E-state index contributed by atoms with van der Waals surface area (Å²) in [5.74, 6) is 5.86. The zero-order valence-corrected chi connectivity index (χ0v) is 38.2. The topological polar surface area (TPSA) is 0 Å². The molecule has 0 spiro atoms. The first-order chi connectivity index (χ1) is 23.9. The minimum atomic E-state index is -4.44. The van der Waals surface area contributed by atoms with Gasteiger partial charge in [-0.05, 0) is 98.8 Å². The highest BCUT2D eigenvalue weighted by Crippen LogP contribution is 2.34. The Kier molecular flexibility index (Phi) is 32.6. The lowest BCUT2D eigenvalue weighted by atomic mass is 9.94. The summed E-state index contributed by atoms with van der Waals surface area (Å²) in [6.45, 7) is 41.6. The molecule has 0 bridgehead atoms. The predicted octanol–water partition coefficient (Wildman–Crippen LogP) is 17.4. The van der Waals surface area contributed by atoms with Crippen molar-refractivity contribution in [3.63, 3.8) is 0 Å². The van der Waals surface area contributed by atoms with Gasteiger partial charge in [0.25, 0.3) is 0 Å². The highest BCUT2D eigenvalue weighted by Gasteiger charge is 2.25. The number of alkyl halides is 3. The molecule has 0 aromatic carbocycles. The summed E-state index contributed by atoms with van der Waals surface area (Å²) in [5, 5.41) is 0. The molecule has 55 heavy (non-hydrogen) atoms. The Morgan fingerprint density at radius 3 is 0.873 bits per heavy atom. The van der Waals surface area contributed by atoms with E-state index < -0.39 is 52.0 Å². The summed E-state index contributed by atoms with van der Waals surface area (Å²) in [4.78, 5) is 0. The van der Waals surface area contributed by atoms with Gasteiger partial charge in [0.1, 0.15) is 23.3 Å². The summed E-state index contributed by atoms with van der Waals surface area (Å²) >= 11 is 0. The molecule has 0 radical (unpaired) electrons. The van der Waals surface area contributed by atoms with E-state index in [9.17, 15) is 39.5 Å². The standard InChI is InChI=1S/C9H12F4.C9H9F3.C7H12F2.2C7H14.C7H12/c1-5(10)6(11)7(12)8(13)9(2,3)4;1-8(2,3)6-4-5-7-9(10,11)12;1-5(8)6(9)7(2,3)4;3*1-5-6-7(2,3)4/h1-4H3;1-3H3;1-4H3;2*5-6H,1-4H3;1-4H3/b6-5+,8-7+;;3*6-5+;. The molecule has 320 valence electrons. The molecule has 0 saturated heterocycles. The molecule has 0 aromatic heterocycles. The van der Waals surface area contributed by atoms with E-state index in [1.54, 1.807) is 47.5 Å². The van der Waals surface area contributed by atoms with Crippen LogP contribution in [0.25, 0.3) is 0 Å². The van der Waals surface area contributed by atoms with Crippen LogP contribution in [0.1, 0.15) is 159 Å². The predicted molar refractivity (Wildman–Crippen MR) is 220 cm³/mol. The molecular weight excluding hydrogens is 723 g/mol. The van der Waals surface area contributed by atoms with Crippen LogP contribution >= 0.6 is 0 Å². The van der Waals surface area contributed by atoms with Crippen molar-refractivity contribution in [3.05, 3.63) is 59.3 Å². The Morgan fingerprint density at radius 2 is 0.745 bits per heavy atom. The second-order valence-corrected chi connectivity index (χ2v) is 18.4. The van der Waals surface area contributed by atoms with Crippen molar-refractivity contribution < 1.29 is 39.5 Å². The van der Waals surface area contributed by atoms with Gasteiger partial charge in [0.15, 0.2) is 11.7 Å². The normalized spacial score (nSPS) is 13.4. The number of halogens is 9. The van der Waals surface area contributed by atoms with Crippen molar-refractivity contribution in [2.24, 2.45) is 32.5 Å². The van der Waals surface area contributed by atoms with E-state index in [1.807, 2.05) is 20.8 Å². The van der Waals surface area contributed by atoms with Gasteiger partial charge in [-0.15, -0.1) is 5.92 Å². The van der Waals surface area contributed by atoms with Crippen molar-refractivity contribution in [2.75, 3.05) is 0 Å². The fourth-order valence-electron chi connectivity index (χ4n) is 2.79. The summed E-state index contributed by atoms with van der Waals surface area (Å²) in [5.41, 5.74) is -1.21. The summed E-state index contributed by atoms with van der Waals surface area (Å²) in [7, 11) is 0.